The van der Waals surface area contributed by atoms with Gasteiger partial charge in [-0.25, -0.2) is 9.97 Å². The summed E-state index contributed by atoms with van der Waals surface area (Å²) < 4.78 is 0. The Hall–Kier alpha value is -1.89. The second-order valence-corrected chi connectivity index (χ2v) is 5.52. The molecule has 1 aliphatic heterocycles. The van der Waals surface area contributed by atoms with Crippen LogP contribution in [0.25, 0.3) is 11.2 Å². The Morgan fingerprint density at radius 1 is 1.37 bits per heavy atom. The Labute approximate surface area is 111 Å². The highest BCUT2D eigenvalue weighted by molar-refractivity contribution is 5.83. The molecule has 1 saturated heterocycles. The lowest BCUT2D eigenvalue weighted by atomic mass is 9.81. The van der Waals surface area contributed by atoms with Crippen molar-refractivity contribution in [3.63, 3.8) is 0 Å². The van der Waals surface area contributed by atoms with Gasteiger partial charge >= 0.3 is 0 Å². The largest absolute Gasteiger partial charge is 0.382 e. The molecule has 0 atom stereocenters. The molecule has 0 aromatic carbocycles. The van der Waals surface area contributed by atoms with E-state index in [2.05, 4.69) is 31.8 Å². The highest BCUT2D eigenvalue weighted by Gasteiger charge is 2.29. The molecule has 3 rings (SSSR count). The van der Waals surface area contributed by atoms with Crippen molar-refractivity contribution in [3.05, 3.63) is 6.33 Å². The average molecular weight is 261 g/mol. The van der Waals surface area contributed by atoms with Gasteiger partial charge in [0.15, 0.2) is 11.5 Å². The van der Waals surface area contributed by atoms with Gasteiger partial charge in [0.2, 0.25) is 5.95 Å². The number of nitrogens with one attached hydrogen (secondary N) is 1. The van der Waals surface area contributed by atoms with Gasteiger partial charge in [0.1, 0.15) is 11.8 Å². The number of H-pyrrole nitrogens is 1. The summed E-state index contributed by atoms with van der Waals surface area (Å²) >= 11 is 0. The fourth-order valence-electron chi connectivity index (χ4n) is 2.45. The van der Waals surface area contributed by atoms with Crippen molar-refractivity contribution < 1.29 is 0 Å². The lowest BCUT2D eigenvalue weighted by molar-refractivity contribution is 0.257. The number of nitrogens with two attached hydrogens (primary N) is 2. The summed E-state index contributed by atoms with van der Waals surface area (Å²) in [6.45, 7) is 4.87. The van der Waals surface area contributed by atoms with Gasteiger partial charge in [-0.15, -0.1) is 0 Å². The minimum absolute atomic E-state index is 0.251. The van der Waals surface area contributed by atoms with Gasteiger partial charge in [-0.1, -0.05) is 6.92 Å². The highest BCUT2D eigenvalue weighted by atomic mass is 15.3. The number of aromatic amines is 1. The number of rotatable bonds is 2. The fraction of sp³-hybridized carbons (Fsp3) is 0.583. The zero-order chi connectivity index (χ0) is 13.5. The van der Waals surface area contributed by atoms with Crippen LogP contribution in [0.15, 0.2) is 6.33 Å². The Kier molecular flexibility index (Phi) is 2.78. The van der Waals surface area contributed by atoms with Gasteiger partial charge in [0.05, 0.1) is 0 Å². The van der Waals surface area contributed by atoms with Crippen molar-refractivity contribution in [2.45, 2.75) is 19.8 Å². The molecule has 1 fully saturated rings. The predicted molar refractivity (Wildman–Crippen MR) is 74.7 cm³/mol. The van der Waals surface area contributed by atoms with Crippen molar-refractivity contribution in [3.8, 4) is 0 Å². The third-order valence-electron chi connectivity index (χ3n) is 4.07. The first-order valence-electron chi connectivity index (χ1n) is 6.52. The van der Waals surface area contributed by atoms with E-state index >= 15 is 0 Å². The zero-order valence-electron chi connectivity index (χ0n) is 11.1. The monoisotopic (exact) mass is 261 g/mol. The van der Waals surface area contributed by atoms with E-state index in [1.54, 1.807) is 0 Å². The summed E-state index contributed by atoms with van der Waals surface area (Å²) in [5.41, 5.74) is 13.2. The topological polar surface area (TPSA) is 110 Å². The van der Waals surface area contributed by atoms with Crippen LogP contribution in [0.2, 0.25) is 0 Å². The standard InChI is InChI=1S/C12H19N7/c1-12(6-13)2-4-19(5-3-12)11-17-8-9(14)15-7-16-10(8)18-11/h7H,2-6,13H2,1H3,(H3,14,15,16,17,18). The lowest BCUT2D eigenvalue weighted by Crippen LogP contribution is -2.42. The summed E-state index contributed by atoms with van der Waals surface area (Å²) in [4.78, 5) is 18.0. The van der Waals surface area contributed by atoms with Crippen LogP contribution < -0.4 is 16.4 Å². The quantitative estimate of drug-likeness (QED) is 0.726. The number of fused-ring (bicyclic) bond motifs is 1. The van der Waals surface area contributed by atoms with Crippen molar-refractivity contribution in [2.75, 3.05) is 30.3 Å². The molecule has 0 unspecified atom stereocenters. The molecule has 7 nitrogen and oxygen atoms in total. The number of imidazole rings is 1. The molecule has 102 valence electrons. The molecule has 3 heterocycles. The molecule has 0 aliphatic carbocycles. The van der Waals surface area contributed by atoms with Crippen LogP contribution in [0.1, 0.15) is 19.8 Å². The Morgan fingerprint density at radius 3 is 2.74 bits per heavy atom. The van der Waals surface area contributed by atoms with E-state index in [1.165, 1.54) is 6.33 Å². The van der Waals surface area contributed by atoms with Gasteiger partial charge in [-0.2, -0.15) is 4.98 Å². The maximum Gasteiger partial charge on any atom is 0.205 e. The minimum Gasteiger partial charge on any atom is -0.382 e. The van der Waals surface area contributed by atoms with Gasteiger partial charge in [-0.05, 0) is 24.8 Å². The van der Waals surface area contributed by atoms with Crippen LogP contribution in [0.5, 0.6) is 0 Å². The summed E-state index contributed by atoms with van der Waals surface area (Å²) in [7, 11) is 0. The van der Waals surface area contributed by atoms with E-state index in [4.69, 9.17) is 11.5 Å². The third-order valence-corrected chi connectivity index (χ3v) is 4.07. The second-order valence-electron chi connectivity index (χ2n) is 5.52. The maximum absolute atomic E-state index is 5.83. The molecule has 2 aromatic rings. The molecular formula is C12H19N7. The van der Waals surface area contributed by atoms with Crippen molar-refractivity contribution in [2.24, 2.45) is 11.1 Å². The van der Waals surface area contributed by atoms with Gasteiger partial charge in [0, 0.05) is 13.1 Å². The van der Waals surface area contributed by atoms with Gasteiger partial charge in [-0.3, -0.25) is 0 Å². The first kappa shape index (κ1) is 12.2. The van der Waals surface area contributed by atoms with Crippen LogP contribution in [0, 0.1) is 5.41 Å². The molecule has 0 spiro atoms. The summed E-state index contributed by atoms with van der Waals surface area (Å²) in [6, 6.07) is 0. The highest BCUT2D eigenvalue weighted by Crippen LogP contribution is 2.31. The fourth-order valence-corrected chi connectivity index (χ4v) is 2.45. The van der Waals surface area contributed by atoms with Crippen molar-refractivity contribution >= 4 is 22.9 Å². The SMILES string of the molecule is CC1(CN)CCN(c2nc3ncnc(N)c3[nH]2)CC1. The van der Waals surface area contributed by atoms with Crippen LogP contribution in [0.4, 0.5) is 11.8 Å². The van der Waals surface area contributed by atoms with E-state index in [0.717, 1.165) is 38.4 Å². The summed E-state index contributed by atoms with van der Waals surface area (Å²) in [5.74, 6) is 1.26. The van der Waals surface area contributed by atoms with E-state index in [0.29, 0.717) is 17.0 Å². The van der Waals surface area contributed by atoms with E-state index in [1.807, 2.05) is 0 Å². The molecule has 0 bridgehead atoms. The number of piperidine rings is 1. The number of nitrogen functional groups attached to an aromatic ring is 1. The Bertz CT molecular complexity index is 583. The molecule has 0 amide bonds. The normalized spacial score (nSPS) is 18.9. The Morgan fingerprint density at radius 2 is 2.11 bits per heavy atom. The molecule has 7 heteroatoms. The van der Waals surface area contributed by atoms with E-state index < -0.39 is 0 Å². The third kappa shape index (κ3) is 2.10. The first-order valence-corrected chi connectivity index (χ1v) is 6.52. The van der Waals surface area contributed by atoms with E-state index in [-0.39, 0.29) is 5.41 Å². The predicted octanol–water partition coefficient (Wildman–Crippen LogP) is 0.500. The zero-order valence-corrected chi connectivity index (χ0v) is 11.1. The minimum atomic E-state index is 0.251. The molecule has 0 saturated carbocycles. The van der Waals surface area contributed by atoms with Crippen molar-refractivity contribution in [1.29, 1.82) is 0 Å². The van der Waals surface area contributed by atoms with Crippen LogP contribution >= 0.6 is 0 Å². The van der Waals surface area contributed by atoms with Crippen LogP contribution in [-0.2, 0) is 0 Å². The average Bonchev–Trinajstić information content (AvgIpc) is 2.85. The van der Waals surface area contributed by atoms with Gasteiger partial charge < -0.3 is 21.4 Å². The van der Waals surface area contributed by atoms with E-state index in [9.17, 15) is 0 Å². The number of nitrogens with zero attached hydrogens (tertiary/aromatic N) is 4. The van der Waals surface area contributed by atoms with Gasteiger partial charge in [0.25, 0.3) is 0 Å². The smallest absolute Gasteiger partial charge is 0.205 e. The number of hydrogen-bond donors (Lipinski definition) is 3. The summed E-state index contributed by atoms with van der Waals surface area (Å²) in [6.07, 6.45) is 3.58. The number of anilines is 2. The van der Waals surface area contributed by atoms with Crippen LogP contribution in [0.3, 0.4) is 0 Å². The molecule has 1 aliphatic rings. The molecule has 5 N–H and O–H groups in total. The molecule has 0 radical (unpaired) electrons. The Balaban J connectivity index is 1.84. The maximum atomic E-state index is 5.83. The molecule has 2 aromatic heterocycles. The summed E-state index contributed by atoms with van der Waals surface area (Å²) in [5, 5.41) is 0. The first-order chi connectivity index (χ1) is 9.11. The van der Waals surface area contributed by atoms with Crippen LogP contribution in [-0.4, -0.2) is 39.6 Å². The lowest BCUT2D eigenvalue weighted by Gasteiger charge is -2.38. The molecular weight excluding hydrogens is 242 g/mol. The number of hydrogen-bond acceptors (Lipinski definition) is 6. The number of aromatic nitrogens is 4. The second kappa shape index (κ2) is 4.34. The molecule has 19 heavy (non-hydrogen) atoms. The van der Waals surface area contributed by atoms with Crippen molar-refractivity contribution in [1.82, 2.24) is 19.9 Å².